The lowest BCUT2D eigenvalue weighted by Crippen LogP contribution is -2.29. The summed E-state index contributed by atoms with van der Waals surface area (Å²) in [7, 11) is 2.98. The Kier molecular flexibility index (Phi) is 6.26. The number of imide groups is 1. The van der Waals surface area contributed by atoms with Crippen molar-refractivity contribution in [3.63, 3.8) is 0 Å². The maximum absolute atomic E-state index is 12.6. The summed E-state index contributed by atoms with van der Waals surface area (Å²) in [6.45, 7) is -0.515. The lowest BCUT2D eigenvalue weighted by molar-refractivity contribution is -0.119. The third kappa shape index (κ3) is 4.44. The maximum Gasteiger partial charge on any atom is 0.338 e. The number of esters is 1. The number of rotatable bonds is 7. The van der Waals surface area contributed by atoms with Crippen molar-refractivity contribution in [1.82, 2.24) is 0 Å². The molecule has 9 heteroatoms. The van der Waals surface area contributed by atoms with Gasteiger partial charge in [0, 0.05) is 23.9 Å². The fraction of sp³-hybridized carbons (Fsp3) is 0.120. The number of methoxy groups -OCH3 is 2. The zero-order valence-electron chi connectivity index (χ0n) is 18.4. The van der Waals surface area contributed by atoms with E-state index in [-0.39, 0.29) is 5.56 Å². The van der Waals surface area contributed by atoms with Crippen LogP contribution in [-0.2, 0) is 9.53 Å². The van der Waals surface area contributed by atoms with Gasteiger partial charge in [0.2, 0.25) is 0 Å². The van der Waals surface area contributed by atoms with Gasteiger partial charge in [0.05, 0.1) is 36.6 Å². The summed E-state index contributed by atoms with van der Waals surface area (Å²) >= 11 is 0. The number of amides is 3. The van der Waals surface area contributed by atoms with E-state index >= 15 is 0 Å². The van der Waals surface area contributed by atoms with Crippen molar-refractivity contribution in [3.05, 3.63) is 83.4 Å². The van der Waals surface area contributed by atoms with Gasteiger partial charge >= 0.3 is 5.97 Å². The summed E-state index contributed by atoms with van der Waals surface area (Å²) in [4.78, 5) is 50.8. The number of fused-ring (bicyclic) bond motifs is 1. The molecular formula is C25H20N2O7. The van der Waals surface area contributed by atoms with E-state index in [1.165, 1.54) is 38.5 Å². The predicted octanol–water partition coefficient (Wildman–Crippen LogP) is 3.30. The molecule has 0 saturated carbocycles. The normalized spacial score (nSPS) is 12.2. The molecule has 0 aromatic heterocycles. The fourth-order valence-electron chi connectivity index (χ4n) is 3.46. The highest BCUT2D eigenvalue weighted by Gasteiger charge is 2.36. The van der Waals surface area contributed by atoms with Crippen molar-refractivity contribution in [2.75, 3.05) is 31.0 Å². The summed E-state index contributed by atoms with van der Waals surface area (Å²) < 4.78 is 15.4. The van der Waals surface area contributed by atoms with E-state index in [9.17, 15) is 19.2 Å². The van der Waals surface area contributed by atoms with Crippen LogP contribution in [0, 0.1) is 0 Å². The SMILES string of the molecule is COc1cc(NC(=O)COC(=O)c2ccc(N3C(=O)c4ccccc4C3=O)cc2)cc(OC)c1. The Morgan fingerprint density at radius 3 is 1.91 bits per heavy atom. The van der Waals surface area contributed by atoms with E-state index in [2.05, 4.69) is 5.32 Å². The van der Waals surface area contributed by atoms with Crippen molar-refractivity contribution in [1.29, 1.82) is 0 Å². The van der Waals surface area contributed by atoms with Crippen LogP contribution in [-0.4, -0.2) is 44.5 Å². The van der Waals surface area contributed by atoms with Gasteiger partial charge in [-0.15, -0.1) is 0 Å². The number of anilines is 2. The molecule has 0 saturated heterocycles. The van der Waals surface area contributed by atoms with Gasteiger partial charge in [-0.2, -0.15) is 0 Å². The monoisotopic (exact) mass is 460 g/mol. The van der Waals surface area contributed by atoms with Crippen LogP contribution in [0.2, 0.25) is 0 Å². The van der Waals surface area contributed by atoms with Crippen LogP contribution in [0.5, 0.6) is 11.5 Å². The molecule has 0 bridgehead atoms. The second-order valence-corrected chi connectivity index (χ2v) is 7.26. The van der Waals surface area contributed by atoms with Gasteiger partial charge < -0.3 is 19.5 Å². The molecule has 172 valence electrons. The minimum Gasteiger partial charge on any atom is -0.497 e. The Balaban J connectivity index is 1.37. The smallest absolute Gasteiger partial charge is 0.338 e. The highest BCUT2D eigenvalue weighted by Crippen LogP contribution is 2.28. The van der Waals surface area contributed by atoms with Gasteiger partial charge in [-0.1, -0.05) is 12.1 Å². The molecule has 0 spiro atoms. The number of benzene rings is 3. The van der Waals surface area contributed by atoms with Crippen LogP contribution in [0.25, 0.3) is 0 Å². The van der Waals surface area contributed by atoms with Crippen LogP contribution in [0.4, 0.5) is 11.4 Å². The third-order valence-corrected chi connectivity index (χ3v) is 5.12. The summed E-state index contributed by atoms with van der Waals surface area (Å²) in [5, 5.41) is 2.61. The predicted molar refractivity (Wildman–Crippen MR) is 122 cm³/mol. The molecule has 1 aliphatic rings. The Morgan fingerprint density at radius 1 is 0.824 bits per heavy atom. The minimum absolute atomic E-state index is 0.163. The molecule has 4 rings (SSSR count). The second kappa shape index (κ2) is 9.45. The highest BCUT2D eigenvalue weighted by atomic mass is 16.5. The first-order valence-corrected chi connectivity index (χ1v) is 10.2. The van der Waals surface area contributed by atoms with Crippen LogP contribution < -0.4 is 19.7 Å². The molecule has 1 aliphatic heterocycles. The standard InChI is InChI=1S/C25H20N2O7/c1-32-18-11-16(12-19(13-18)33-2)26-22(28)14-34-25(31)15-7-9-17(10-8-15)27-23(29)20-5-3-4-6-21(20)24(27)30/h3-13H,14H2,1-2H3,(H,26,28). The van der Waals surface area contributed by atoms with Crippen LogP contribution in [0.1, 0.15) is 31.1 Å². The molecule has 3 aromatic rings. The Hall–Kier alpha value is -4.66. The molecule has 3 amide bonds. The van der Waals surface area contributed by atoms with Crippen molar-refractivity contribution < 1.29 is 33.4 Å². The van der Waals surface area contributed by atoms with Crippen molar-refractivity contribution >= 4 is 35.1 Å². The zero-order valence-corrected chi connectivity index (χ0v) is 18.4. The summed E-state index contributed by atoms with van der Waals surface area (Å²) in [5.41, 5.74) is 1.57. The molecule has 0 atom stereocenters. The van der Waals surface area contributed by atoms with Gasteiger partial charge in [-0.25, -0.2) is 9.69 Å². The number of nitrogens with zero attached hydrogens (tertiary/aromatic N) is 1. The molecule has 34 heavy (non-hydrogen) atoms. The maximum atomic E-state index is 12.6. The number of carbonyl (C=O) groups is 4. The lowest BCUT2D eigenvalue weighted by Gasteiger charge is -2.14. The number of hydrogen-bond donors (Lipinski definition) is 1. The Labute approximate surface area is 194 Å². The van der Waals surface area contributed by atoms with E-state index in [1.54, 1.807) is 42.5 Å². The van der Waals surface area contributed by atoms with E-state index in [0.717, 1.165) is 4.90 Å². The summed E-state index contributed by atoms with van der Waals surface area (Å²) in [6.07, 6.45) is 0. The van der Waals surface area contributed by atoms with Crippen LogP contribution in [0.15, 0.2) is 66.7 Å². The Bertz CT molecular complexity index is 1230. The fourth-order valence-corrected chi connectivity index (χ4v) is 3.46. The zero-order chi connectivity index (χ0) is 24.2. The lowest BCUT2D eigenvalue weighted by atomic mass is 10.1. The van der Waals surface area contributed by atoms with E-state index < -0.39 is 30.3 Å². The number of carbonyl (C=O) groups excluding carboxylic acids is 4. The molecular weight excluding hydrogens is 440 g/mol. The second-order valence-electron chi connectivity index (χ2n) is 7.26. The Morgan fingerprint density at radius 2 is 1.38 bits per heavy atom. The van der Waals surface area contributed by atoms with Crippen molar-refractivity contribution in [3.8, 4) is 11.5 Å². The molecule has 1 heterocycles. The van der Waals surface area contributed by atoms with Crippen LogP contribution >= 0.6 is 0 Å². The van der Waals surface area contributed by atoms with Gasteiger partial charge in [0.1, 0.15) is 11.5 Å². The molecule has 1 N–H and O–H groups in total. The first kappa shape index (κ1) is 22.5. The quantitative estimate of drug-likeness (QED) is 0.425. The number of ether oxygens (including phenoxy) is 3. The summed E-state index contributed by atoms with van der Waals surface area (Å²) in [6, 6.07) is 17.2. The average Bonchev–Trinajstić information content (AvgIpc) is 3.12. The number of nitrogens with one attached hydrogen (secondary N) is 1. The van der Waals surface area contributed by atoms with Crippen LogP contribution in [0.3, 0.4) is 0 Å². The highest BCUT2D eigenvalue weighted by molar-refractivity contribution is 6.34. The first-order valence-electron chi connectivity index (χ1n) is 10.2. The molecule has 0 aliphatic carbocycles. The minimum atomic E-state index is -0.729. The van der Waals surface area contributed by atoms with Crippen molar-refractivity contribution in [2.45, 2.75) is 0 Å². The topological polar surface area (TPSA) is 111 Å². The average molecular weight is 460 g/mol. The number of hydrogen-bond acceptors (Lipinski definition) is 7. The molecule has 9 nitrogen and oxygen atoms in total. The molecule has 0 fully saturated rings. The largest absolute Gasteiger partial charge is 0.497 e. The van der Waals surface area contributed by atoms with E-state index in [0.29, 0.717) is 34.0 Å². The van der Waals surface area contributed by atoms with Crippen molar-refractivity contribution in [2.24, 2.45) is 0 Å². The molecule has 3 aromatic carbocycles. The third-order valence-electron chi connectivity index (χ3n) is 5.12. The molecule has 0 unspecified atom stereocenters. The van der Waals surface area contributed by atoms with Gasteiger partial charge in [0.25, 0.3) is 17.7 Å². The van der Waals surface area contributed by atoms with E-state index in [1.807, 2.05) is 0 Å². The van der Waals surface area contributed by atoms with E-state index in [4.69, 9.17) is 14.2 Å². The van der Waals surface area contributed by atoms with Gasteiger partial charge in [-0.3, -0.25) is 14.4 Å². The van der Waals surface area contributed by atoms with Gasteiger partial charge in [0.15, 0.2) is 6.61 Å². The molecule has 0 radical (unpaired) electrons. The summed E-state index contributed by atoms with van der Waals surface area (Å²) in [5.74, 6) is -1.16. The first-order chi connectivity index (χ1) is 16.4. The van der Waals surface area contributed by atoms with Gasteiger partial charge in [-0.05, 0) is 36.4 Å².